The lowest BCUT2D eigenvalue weighted by Crippen LogP contribution is -1.95. The average Bonchev–Trinajstić information content (AvgIpc) is 2.05. The molecule has 0 fully saturated rings. The van der Waals surface area contributed by atoms with Crippen molar-refractivity contribution in [2.24, 2.45) is 0 Å². The Morgan fingerprint density at radius 3 is 1.30 bits per heavy atom. The molecule has 1 aromatic heterocycles. The lowest BCUT2D eigenvalue weighted by molar-refractivity contribution is 0.536. The first-order valence-electron chi connectivity index (χ1n) is 2.01. The first-order chi connectivity index (χ1) is 4.86. The van der Waals surface area contributed by atoms with Crippen molar-refractivity contribution in [2.45, 2.75) is 0 Å². The van der Waals surface area contributed by atoms with Crippen molar-refractivity contribution >= 4 is 46.0 Å². The van der Waals surface area contributed by atoms with E-state index in [2.05, 4.69) is 26.5 Å². The first kappa shape index (κ1) is 8.10. The molecule has 0 amide bonds. The molecule has 0 radical (unpaired) electrons. The normalized spacial score (nSPS) is 9.00. The van der Waals surface area contributed by atoms with Crippen molar-refractivity contribution in [1.82, 2.24) is 20.4 Å². The highest BCUT2D eigenvalue weighted by Gasteiger charge is 1.99. The SMILES string of the molecule is IOc1nnc(OI)nn1. The fourth-order valence-corrected chi connectivity index (χ4v) is 0.625. The number of aromatic nitrogens is 4. The summed E-state index contributed by atoms with van der Waals surface area (Å²) in [5.41, 5.74) is 0. The van der Waals surface area contributed by atoms with Crippen LogP contribution in [0.5, 0.6) is 12.0 Å². The molecular formula is C2I2N4O2. The summed E-state index contributed by atoms with van der Waals surface area (Å²) in [6, 6.07) is 0.218. The molecule has 0 aromatic carbocycles. The molecule has 0 aliphatic carbocycles. The lowest BCUT2D eigenvalue weighted by Gasteiger charge is -1.91. The molecule has 0 saturated carbocycles. The van der Waals surface area contributed by atoms with Gasteiger partial charge in [0.25, 0.3) is 0 Å². The van der Waals surface area contributed by atoms with Crippen LogP contribution in [0.25, 0.3) is 0 Å². The summed E-state index contributed by atoms with van der Waals surface area (Å²) in [4.78, 5) is 0. The Morgan fingerprint density at radius 2 is 1.10 bits per heavy atom. The van der Waals surface area contributed by atoms with Crippen molar-refractivity contribution in [2.75, 3.05) is 0 Å². The molecule has 6 nitrogen and oxygen atoms in total. The fraction of sp³-hybridized carbons (Fsp3) is 0. The van der Waals surface area contributed by atoms with Crippen LogP contribution in [0.15, 0.2) is 0 Å². The number of halogens is 2. The first-order valence-corrected chi connectivity index (χ1v) is 3.77. The van der Waals surface area contributed by atoms with Crippen LogP contribution in [0.4, 0.5) is 0 Å². The predicted molar refractivity (Wildman–Crippen MR) is 46.9 cm³/mol. The van der Waals surface area contributed by atoms with Gasteiger partial charge in [0.15, 0.2) is 46.0 Å². The Kier molecular flexibility index (Phi) is 3.24. The van der Waals surface area contributed by atoms with Gasteiger partial charge in [-0.25, -0.2) is 0 Å². The Morgan fingerprint density at radius 1 is 0.800 bits per heavy atom. The zero-order chi connectivity index (χ0) is 7.40. The second-order valence-corrected chi connectivity index (χ2v) is 2.00. The van der Waals surface area contributed by atoms with Gasteiger partial charge in [0.05, 0.1) is 0 Å². The largest absolute Gasteiger partial charge is 0.390 e. The highest BCUT2D eigenvalue weighted by atomic mass is 127. The smallest absolute Gasteiger partial charge is 0.364 e. The maximum Gasteiger partial charge on any atom is 0.364 e. The number of hydrogen-bond donors (Lipinski definition) is 0. The van der Waals surface area contributed by atoms with Crippen LogP contribution in [0.3, 0.4) is 0 Å². The van der Waals surface area contributed by atoms with Crippen LogP contribution >= 0.6 is 46.0 Å². The predicted octanol–water partition coefficient (Wildman–Crippen LogP) is 0.724. The zero-order valence-corrected chi connectivity index (χ0v) is 8.68. The van der Waals surface area contributed by atoms with Crippen LogP contribution in [-0.2, 0) is 0 Å². The third-order valence-corrected chi connectivity index (χ3v) is 1.37. The van der Waals surface area contributed by atoms with Crippen molar-refractivity contribution < 1.29 is 6.13 Å². The van der Waals surface area contributed by atoms with Crippen molar-refractivity contribution in [3.05, 3.63) is 0 Å². The van der Waals surface area contributed by atoms with Gasteiger partial charge in [-0.1, -0.05) is 20.4 Å². The summed E-state index contributed by atoms with van der Waals surface area (Å²) in [6.07, 6.45) is 0. The molecule has 0 atom stereocenters. The summed E-state index contributed by atoms with van der Waals surface area (Å²) in [5.74, 6) is 0. The van der Waals surface area contributed by atoms with Gasteiger partial charge in [0.2, 0.25) is 0 Å². The van der Waals surface area contributed by atoms with Crippen molar-refractivity contribution in [1.29, 1.82) is 0 Å². The second-order valence-electron chi connectivity index (χ2n) is 1.12. The lowest BCUT2D eigenvalue weighted by atomic mass is 11.2. The summed E-state index contributed by atoms with van der Waals surface area (Å²) < 4.78 is 9.16. The maximum absolute atomic E-state index is 4.58. The molecule has 1 aromatic rings. The highest BCUT2D eigenvalue weighted by Crippen LogP contribution is 2.04. The van der Waals surface area contributed by atoms with Gasteiger partial charge in [-0.15, -0.1) is 0 Å². The third-order valence-electron chi connectivity index (χ3n) is 0.580. The Balaban J connectivity index is 2.80. The maximum atomic E-state index is 4.58. The van der Waals surface area contributed by atoms with E-state index in [9.17, 15) is 0 Å². The monoisotopic (exact) mass is 366 g/mol. The molecular weight excluding hydrogens is 366 g/mol. The minimum atomic E-state index is 0.109. The number of rotatable bonds is 2. The van der Waals surface area contributed by atoms with Gasteiger partial charge < -0.3 is 6.13 Å². The molecule has 1 rings (SSSR count). The van der Waals surface area contributed by atoms with E-state index in [1.54, 1.807) is 46.0 Å². The molecule has 8 heteroatoms. The van der Waals surface area contributed by atoms with Gasteiger partial charge in [0, 0.05) is 0 Å². The van der Waals surface area contributed by atoms with Crippen LogP contribution < -0.4 is 6.13 Å². The van der Waals surface area contributed by atoms with Gasteiger partial charge in [0.1, 0.15) is 0 Å². The minimum absolute atomic E-state index is 0.109. The molecule has 0 spiro atoms. The van der Waals surface area contributed by atoms with Crippen LogP contribution in [0.1, 0.15) is 0 Å². The summed E-state index contributed by atoms with van der Waals surface area (Å²) in [6.45, 7) is 0. The quantitative estimate of drug-likeness (QED) is 0.719. The molecule has 1 heterocycles. The van der Waals surface area contributed by atoms with E-state index in [4.69, 9.17) is 0 Å². The van der Waals surface area contributed by atoms with Crippen LogP contribution in [0, 0.1) is 0 Å². The average molecular weight is 366 g/mol. The molecule has 0 aliphatic rings. The Bertz CT molecular complexity index is 180. The zero-order valence-electron chi connectivity index (χ0n) is 4.36. The molecule has 0 N–H and O–H groups in total. The molecule has 0 bridgehead atoms. The highest BCUT2D eigenvalue weighted by molar-refractivity contribution is 14.1. The summed E-state index contributed by atoms with van der Waals surface area (Å²) >= 11 is 3.26. The molecule has 54 valence electrons. The molecule has 0 unspecified atom stereocenters. The fourth-order valence-electron chi connectivity index (χ4n) is 0.273. The number of hydrogen-bond acceptors (Lipinski definition) is 6. The van der Waals surface area contributed by atoms with Crippen molar-refractivity contribution in [3.63, 3.8) is 0 Å². The van der Waals surface area contributed by atoms with E-state index >= 15 is 0 Å². The van der Waals surface area contributed by atoms with Gasteiger partial charge in [-0.05, 0) is 0 Å². The standard InChI is InChI=1S/C2I2N4O2/c3-9-1-5-7-2(10-4)8-6-1. The number of nitrogens with zero attached hydrogens (tertiary/aromatic N) is 4. The third kappa shape index (κ3) is 2.00. The van der Waals surface area contributed by atoms with E-state index in [0.29, 0.717) is 0 Å². The second kappa shape index (κ2) is 4.00. The summed E-state index contributed by atoms with van der Waals surface area (Å²) in [5, 5.41) is 13.9. The van der Waals surface area contributed by atoms with Crippen LogP contribution in [0.2, 0.25) is 0 Å². The van der Waals surface area contributed by atoms with E-state index in [-0.39, 0.29) is 12.0 Å². The Hall–Kier alpha value is -0.0000000000000000555. The van der Waals surface area contributed by atoms with E-state index in [1.807, 2.05) is 0 Å². The van der Waals surface area contributed by atoms with Gasteiger partial charge >= 0.3 is 12.0 Å². The molecule has 0 saturated heterocycles. The van der Waals surface area contributed by atoms with Crippen LogP contribution in [-0.4, -0.2) is 20.4 Å². The minimum Gasteiger partial charge on any atom is -0.390 e. The molecule has 0 aliphatic heterocycles. The van der Waals surface area contributed by atoms with Gasteiger partial charge in [-0.3, -0.25) is 0 Å². The van der Waals surface area contributed by atoms with Crippen molar-refractivity contribution in [3.8, 4) is 12.0 Å². The van der Waals surface area contributed by atoms with E-state index in [0.717, 1.165) is 0 Å². The molecule has 10 heavy (non-hydrogen) atoms. The van der Waals surface area contributed by atoms with E-state index in [1.165, 1.54) is 0 Å². The topological polar surface area (TPSA) is 70.0 Å². The summed E-state index contributed by atoms with van der Waals surface area (Å²) in [7, 11) is 0. The van der Waals surface area contributed by atoms with Gasteiger partial charge in [-0.2, -0.15) is 0 Å². The Labute approximate surface area is 84.1 Å². The van der Waals surface area contributed by atoms with E-state index < -0.39 is 0 Å².